The van der Waals surface area contributed by atoms with Crippen molar-refractivity contribution in [1.29, 1.82) is 0 Å². The molecule has 3 aromatic heterocycles. The average molecular weight is 866 g/mol. The van der Waals surface area contributed by atoms with Crippen LogP contribution < -0.4 is 0 Å². The van der Waals surface area contributed by atoms with Crippen molar-refractivity contribution >= 4 is 75.9 Å². The van der Waals surface area contributed by atoms with Gasteiger partial charge in [0.1, 0.15) is 0 Å². The Kier molecular flexibility index (Phi) is 8.52. The molecule has 0 aliphatic rings. The maximum Gasteiger partial charge on any atom is 0.238 e. The van der Waals surface area contributed by atoms with E-state index in [2.05, 4.69) is 228 Å². The van der Waals surface area contributed by atoms with Crippen LogP contribution >= 0.6 is 0 Å². The summed E-state index contributed by atoms with van der Waals surface area (Å²) in [5.74, 6) is 1.76. The van der Waals surface area contributed by atoms with Gasteiger partial charge in [-0.25, -0.2) is 4.98 Å². The van der Waals surface area contributed by atoms with Crippen LogP contribution in [0.5, 0.6) is 0 Å². The highest BCUT2D eigenvalue weighted by Crippen LogP contribution is 2.44. The van der Waals surface area contributed by atoms with E-state index in [0.29, 0.717) is 17.6 Å². The Labute approximate surface area is 391 Å². The molecule has 11 aromatic carbocycles. The standard InChI is InChI=1S/C63H39N5/c1-3-17-41(18-4-1)45-21-11-14-28-56(45)67-57-29-15-12-26-51(57)53-37-38-54-52-27-13-16-30-58(52)68(60(54)59(53)67)63-65-61(42-19-5-2-6-20-42)64-62(66-63)43-33-31-40(32-34-43)44-35-36-50-48-24-8-7-22-46(48)47-23-9-10-25-49(47)55(50)39-44/h1-39H. The van der Waals surface area contributed by atoms with Crippen molar-refractivity contribution in [3.63, 3.8) is 0 Å². The van der Waals surface area contributed by atoms with Gasteiger partial charge in [0.2, 0.25) is 5.95 Å². The van der Waals surface area contributed by atoms with Crippen LogP contribution in [0.1, 0.15) is 0 Å². The van der Waals surface area contributed by atoms with Crippen LogP contribution in [0.2, 0.25) is 0 Å². The Morgan fingerprint density at radius 2 is 0.662 bits per heavy atom. The van der Waals surface area contributed by atoms with Gasteiger partial charge in [-0.1, -0.05) is 212 Å². The lowest BCUT2D eigenvalue weighted by atomic mass is 9.92. The van der Waals surface area contributed by atoms with Gasteiger partial charge in [0.15, 0.2) is 11.6 Å². The number of benzene rings is 11. The summed E-state index contributed by atoms with van der Waals surface area (Å²) in [6, 6.07) is 84.5. The van der Waals surface area contributed by atoms with Crippen molar-refractivity contribution in [3.8, 4) is 56.7 Å². The van der Waals surface area contributed by atoms with Gasteiger partial charge in [-0.3, -0.25) is 4.57 Å². The smallest absolute Gasteiger partial charge is 0.238 e. The van der Waals surface area contributed by atoms with E-state index in [1.54, 1.807) is 0 Å². The molecule has 0 amide bonds. The molecule has 5 nitrogen and oxygen atoms in total. The summed E-state index contributed by atoms with van der Waals surface area (Å²) in [5.41, 5.74) is 11.8. The zero-order chi connectivity index (χ0) is 44.7. The largest absolute Gasteiger partial charge is 0.307 e. The monoisotopic (exact) mass is 865 g/mol. The molecule has 14 rings (SSSR count). The summed E-state index contributed by atoms with van der Waals surface area (Å²) < 4.78 is 4.71. The fraction of sp³-hybridized carbons (Fsp3) is 0. The summed E-state index contributed by atoms with van der Waals surface area (Å²) in [4.78, 5) is 16.0. The Bertz CT molecular complexity index is 4270. The summed E-state index contributed by atoms with van der Waals surface area (Å²) in [6.45, 7) is 0. The number of hydrogen-bond donors (Lipinski definition) is 0. The van der Waals surface area contributed by atoms with Gasteiger partial charge in [0, 0.05) is 38.2 Å². The van der Waals surface area contributed by atoms with E-state index in [-0.39, 0.29) is 0 Å². The van der Waals surface area contributed by atoms with Crippen LogP contribution in [0.15, 0.2) is 237 Å². The summed E-state index contributed by atoms with van der Waals surface area (Å²) in [5, 5.41) is 12.2. The fourth-order valence-corrected chi connectivity index (χ4v) is 10.7. The predicted molar refractivity (Wildman–Crippen MR) is 283 cm³/mol. The minimum Gasteiger partial charge on any atom is -0.307 e. The Morgan fingerprint density at radius 3 is 1.28 bits per heavy atom. The van der Waals surface area contributed by atoms with E-state index in [4.69, 9.17) is 15.0 Å². The topological polar surface area (TPSA) is 48.5 Å². The molecule has 316 valence electrons. The van der Waals surface area contributed by atoms with Gasteiger partial charge in [-0.05, 0) is 73.3 Å². The van der Waals surface area contributed by atoms with E-state index in [0.717, 1.165) is 77.3 Å². The van der Waals surface area contributed by atoms with Gasteiger partial charge >= 0.3 is 0 Å². The number of para-hydroxylation sites is 3. The molecule has 0 saturated carbocycles. The predicted octanol–water partition coefficient (Wildman–Crippen LogP) is 16.2. The van der Waals surface area contributed by atoms with Crippen LogP contribution in [0.3, 0.4) is 0 Å². The molecular formula is C63H39N5. The molecule has 0 bridgehead atoms. The van der Waals surface area contributed by atoms with Crippen molar-refractivity contribution in [3.05, 3.63) is 237 Å². The summed E-state index contributed by atoms with van der Waals surface area (Å²) in [6.07, 6.45) is 0. The van der Waals surface area contributed by atoms with Crippen molar-refractivity contribution in [2.45, 2.75) is 0 Å². The summed E-state index contributed by atoms with van der Waals surface area (Å²) >= 11 is 0. The van der Waals surface area contributed by atoms with E-state index >= 15 is 0 Å². The second-order valence-corrected chi connectivity index (χ2v) is 17.5. The Balaban J connectivity index is 0.996. The first-order valence-corrected chi connectivity index (χ1v) is 23.1. The second-order valence-electron chi connectivity index (χ2n) is 17.5. The maximum absolute atomic E-state index is 5.44. The molecule has 0 radical (unpaired) electrons. The lowest BCUT2D eigenvalue weighted by molar-refractivity contribution is 0.953. The first-order valence-electron chi connectivity index (χ1n) is 23.1. The first kappa shape index (κ1) is 38.1. The SMILES string of the molecule is c1ccc(-c2nc(-c3ccc(-c4ccc5c6ccccc6c6ccccc6c5c4)cc3)nc(-n3c4ccccc4c4ccc5c6ccccc6n(-c6ccccc6-c6ccccc6)c5c43)n2)cc1. The van der Waals surface area contributed by atoms with Crippen LogP contribution in [0.25, 0.3) is 133 Å². The van der Waals surface area contributed by atoms with Crippen molar-refractivity contribution in [1.82, 2.24) is 24.1 Å². The molecule has 0 spiro atoms. The van der Waals surface area contributed by atoms with Crippen molar-refractivity contribution < 1.29 is 0 Å². The third-order valence-corrected chi connectivity index (χ3v) is 13.8. The zero-order valence-corrected chi connectivity index (χ0v) is 36.8. The molecule has 0 N–H and O–H groups in total. The zero-order valence-electron chi connectivity index (χ0n) is 36.8. The molecule has 0 saturated heterocycles. The molecule has 0 aliphatic carbocycles. The van der Waals surface area contributed by atoms with E-state index in [9.17, 15) is 0 Å². The summed E-state index contributed by atoms with van der Waals surface area (Å²) in [7, 11) is 0. The highest BCUT2D eigenvalue weighted by molar-refractivity contribution is 6.26. The number of rotatable bonds is 6. The molecule has 0 fully saturated rings. The minimum atomic E-state index is 0.554. The van der Waals surface area contributed by atoms with Gasteiger partial charge in [-0.2, -0.15) is 9.97 Å². The van der Waals surface area contributed by atoms with Crippen molar-refractivity contribution in [2.24, 2.45) is 0 Å². The minimum absolute atomic E-state index is 0.554. The lowest BCUT2D eigenvalue weighted by Crippen LogP contribution is -2.07. The average Bonchev–Trinajstić information content (AvgIpc) is 3.94. The third-order valence-electron chi connectivity index (χ3n) is 13.8. The van der Waals surface area contributed by atoms with E-state index in [1.165, 1.54) is 37.7 Å². The van der Waals surface area contributed by atoms with E-state index in [1.807, 2.05) is 18.2 Å². The van der Waals surface area contributed by atoms with Gasteiger partial charge in [0.25, 0.3) is 0 Å². The number of hydrogen-bond acceptors (Lipinski definition) is 3. The molecule has 0 atom stereocenters. The van der Waals surface area contributed by atoms with Crippen molar-refractivity contribution in [2.75, 3.05) is 0 Å². The molecule has 3 heterocycles. The molecular weight excluding hydrogens is 827 g/mol. The molecule has 68 heavy (non-hydrogen) atoms. The normalized spacial score (nSPS) is 11.8. The second kappa shape index (κ2) is 15.2. The number of aromatic nitrogens is 5. The van der Waals surface area contributed by atoms with Gasteiger partial charge in [0.05, 0.1) is 27.8 Å². The van der Waals surface area contributed by atoms with Crippen LogP contribution in [0.4, 0.5) is 0 Å². The van der Waals surface area contributed by atoms with Gasteiger partial charge in [-0.15, -0.1) is 0 Å². The quantitative estimate of drug-likeness (QED) is 0.156. The van der Waals surface area contributed by atoms with Gasteiger partial charge < -0.3 is 4.57 Å². The molecule has 0 aliphatic heterocycles. The van der Waals surface area contributed by atoms with E-state index < -0.39 is 0 Å². The number of fused-ring (bicyclic) bond motifs is 13. The third kappa shape index (κ3) is 5.86. The van der Waals surface area contributed by atoms with Crippen LogP contribution in [0, 0.1) is 0 Å². The Morgan fingerprint density at radius 1 is 0.250 bits per heavy atom. The molecule has 0 unspecified atom stereocenters. The Hall–Kier alpha value is -9.19. The fourth-order valence-electron chi connectivity index (χ4n) is 10.7. The highest BCUT2D eigenvalue weighted by Gasteiger charge is 2.24. The lowest BCUT2D eigenvalue weighted by Gasteiger charge is -2.16. The first-order chi connectivity index (χ1) is 33.7. The molecule has 14 aromatic rings. The van der Waals surface area contributed by atoms with Crippen LogP contribution in [-0.2, 0) is 0 Å². The highest BCUT2D eigenvalue weighted by atomic mass is 15.2. The van der Waals surface area contributed by atoms with Crippen LogP contribution in [-0.4, -0.2) is 24.1 Å². The molecule has 5 heteroatoms. The maximum atomic E-state index is 5.44. The number of nitrogens with zero attached hydrogens (tertiary/aromatic N) is 5.